The van der Waals surface area contributed by atoms with Crippen molar-refractivity contribution in [3.63, 3.8) is 0 Å². The maximum absolute atomic E-state index is 12.1. The first-order valence-electron chi connectivity index (χ1n) is 6.98. The van der Waals surface area contributed by atoms with Gasteiger partial charge < -0.3 is 10.6 Å². The normalized spacial score (nSPS) is 11.5. The molecule has 0 bridgehead atoms. The van der Waals surface area contributed by atoms with Gasteiger partial charge in [0.1, 0.15) is 17.5 Å². The first kappa shape index (κ1) is 18.1. The van der Waals surface area contributed by atoms with Crippen LogP contribution in [-0.4, -0.2) is 23.9 Å². The first-order chi connectivity index (χ1) is 11.8. The first-order valence-corrected chi connectivity index (χ1v) is 8.42. The van der Waals surface area contributed by atoms with Crippen LogP contribution in [0.5, 0.6) is 0 Å². The molecule has 3 N–H and O–H groups in total. The van der Waals surface area contributed by atoms with Crippen LogP contribution < -0.4 is 10.6 Å². The fourth-order valence-corrected chi connectivity index (χ4v) is 2.24. The Hall–Kier alpha value is -3.22. The van der Waals surface area contributed by atoms with E-state index in [4.69, 9.17) is 9.81 Å². The van der Waals surface area contributed by atoms with Gasteiger partial charge in [-0.1, -0.05) is 6.07 Å². The number of pyridine rings is 1. The molecule has 1 heterocycles. The van der Waals surface area contributed by atoms with E-state index in [2.05, 4.69) is 15.6 Å². The van der Waals surface area contributed by atoms with E-state index in [1.807, 2.05) is 13.0 Å². The van der Waals surface area contributed by atoms with Crippen molar-refractivity contribution in [3.8, 4) is 6.07 Å². The van der Waals surface area contributed by atoms with Gasteiger partial charge in [0.25, 0.3) is 16.0 Å². The van der Waals surface area contributed by atoms with E-state index in [0.717, 1.165) is 17.7 Å². The SMILES string of the molecule is Cc1ccc(N/C=C(/C#N)C(=O)Nc2ccc(S(=O)(=O)O)cc2)nc1. The molecule has 0 fully saturated rings. The molecule has 8 nitrogen and oxygen atoms in total. The topological polar surface area (TPSA) is 132 Å². The van der Waals surface area contributed by atoms with Crippen molar-refractivity contribution in [3.05, 3.63) is 59.9 Å². The summed E-state index contributed by atoms with van der Waals surface area (Å²) < 4.78 is 30.8. The van der Waals surface area contributed by atoms with Crippen LogP contribution in [-0.2, 0) is 14.9 Å². The summed E-state index contributed by atoms with van der Waals surface area (Å²) in [7, 11) is -4.30. The smallest absolute Gasteiger partial charge is 0.294 e. The number of nitrogens with zero attached hydrogens (tertiary/aromatic N) is 2. The third kappa shape index (κ3) is 5.13. The Morgan fingerprint density at radius 1 is 1.24 bits per heavy atom. The van der Waals surface area contributed by atoms with Gasteiger partial charge in [0.05, 0.1) is 4.90 Å². The maximum atomic E-state index is 12.1. The van der Waals surface area contributed by atoms with Crippen molar-refractivity contribution in [2.45, 2.75) is 11.8 Å². The molecule has 0 radical (unpaired) electrons. The Morgan fingerprint density at radius 3 is 2.44 bits per heavy atom. The van der Waals surface area contributed by atoms with Gasteiger partial charge >= 0.3 is 0 Å². The molecule has 0 aliphatic carbocycles. The Morgan fingerprint density at radius 2 is 1.92 bits per heavy atom. The number of aromatic nitrogens is 1. The van der Waals surface area contributed by atoms with Crippen LogP contribution in [0.4, 0.5) is 11.5 Å². The Labute approximate surface area is 144 Å². The maximum Gasteiger partial charge on any atom is 0.294 e. The van der Waals surface area contributed by atoms with Crippen LogP contribution in [0.15, 0.2) is 59.3 Å². The molecule has 1 aromatic carbocycles. The van der Waals surface area contributed by atoms with Gasteiger partial charge in [0.2, 0.25) is 0 Å². The van der Waals surface area contributed by atoms with Crippen LogP contribution in [0, 0.1) is 18.3 Å². The molecular formula is C16H14N4O4S. The number of benzene rings is 1. The van der Waals surface area contributed by atoms with Crippen LogP contribution in [0.25, 0.3) is 0 Å². The van der Waals surface area contributed by atoms with Crippen LogP contribution >= 0.6 is 0 Å². The molecule has 128 valence electrons. The molecule has 1 amide bonds. The Bertz CT molecular complexity index is 943. The number of anilines is 2. The summed E-state index contributed by atoms with van der Waals surface area (Å²) in [4.78, 5) is 15.9. The van der Waals surface area contributed by atoms with E-state index in [1.165, 1.54) is 18.3 Å². The van der Waals surface area contributed by atoms with Crippen molar-refractivity contribution >= 4 is 27.5 Å². The zero-order chi connectivity index (χ0) is 18.4. The zero-order valence-electron chi connectivity index (χ0n) is 13.1. The number of nitrogens with one attached hydrogen (secondary N) is 2. The third-order valence-corrected chi connectivity index (χ3v) is 3.92. The highest BCUT2D eigenvalue weighted by atomic mass is 32.2. The highest BCUT2D eigenvalue weighted by Gasteiger charge is 2.12. The predicted molar refractivity (Wildman–Crippen MR) is 91.2 cm³/mol. The van der Waals surface area contributed by atoms with E-state index >= 15 is 0 Å². The van der Waals surface area contributed by atoms with Gasteiger partial charge in [-0.25, -0.2) is 4.98 Å². The van der Waals surface area contributed by atoms with Gasteiger partial charge in [0, 0.05) is 18.1 Å². The van der Waals surface area contributed by atoms with Crippen LogP contribution in [0.1, 0.15) is 5.56 Å². The quantitative estimate of drug-likeness (QED) is 0.423. The van der Waals surface area contributed by atoms with E-state index < -0.39 is 16.0 Å². The predicted octanol–water partition coefficient (Wildman–Crippen LogP) is 2.09. The monoisotopic (exact) mass is 358 g/mol. The number of carbonyl (C=O) groups is 1. The second-order valence-electron chi connectivity index (χ2n) is 4.99. The Balaban J connectivity index is 2.08. The average Bonchev–Trinajstić information content (AvgIpc) is 2.56. The van der Waals surface area contributed by atoms with Crippen molar-refractivity contribution in [1.82, 2.24) is 4.98 Å². The second kappa shape index (κ2) is 7.57. The summed E-state index contributed by atoms with van der Waals surface area (Å²) >= 11 is 0. The van der Waals surface area contributed by atoms with Gasteiger partial charge in [-0.05, 0) is 42.8 Å². The molecule has 2 rings (SSSR count). The van der Waals surface area contributed by atoms with Crippen molar-refractivity contribution < 1.29 is 17.8 Å². The highest BCUT2D eigenvalue weighted by Crippen LogP contribution is 2.14. The largest absolute Gasteiger partial charge is 0.345 e. The van der Waals surface area contributed by atoms with Crippen molar-refractivity contribution in [1.29, 1.82) is 5.26 Å². The lowest BCUT2D eigenvalue weighted by Crippen LogP contribution is -2.14. The van der Waals surface area contributed by atoms with Gasteiger partial charge in [-0.3, -0.25) is 9.35 Å². The molecule has 0 atom stereocenters. The molecular weight excluding hydrogens is 344 g/mol. The Kier molecular flexibility index (Phi) is 5.49. The van der Waals surface area contributed by atoms with E-state index in [9.17, 15) is 13.2 Å². The lowest BCUT2D eigenvalue weighted by atomic mass is 10.2. The number of hydrogen-bond acceptors (Lipinski definition) is 6. The minimum Gasteiger partial charge on any atom is -0.345 e. The summed E-state index contributed by atoms with van der Waals surface area (Å²) in [6.45, 7) is 1.88. The number of amides is 1. The van der Waals surface area contributed by atoms with Crippen LogP contribution in [0.2, 0.25) is 0 Å². The molecule has 2 aromatic rings. The fourth-order valence-electron chi connectivity index (χ4n) is 1.76. The number of hydrogen-bond donors (Lipinski definition) is 3. The molecule has 0 aliphatic heterocycles. The van der Waals surface area contributed by atoms with E-state index in [0.29, 0.717) is 5.82 Å². The molecule has 0 aliphatic rings. The molecule has 0 saturated carbocycles. The van der Waals surface area contributed by atoms with E-state index in [-0.39, 0.29) is 16.2 Å². The molecule has 1 aromatic heterocycles. The second-order valence-corrected chi connectivity index (χ2v) is 6.41. The number of aryl methyl sites for hydroxylation is 1. The lowest BCUT2D eigenvalue weighted by Gasteiger charge is -2.06. The van der Waals surface area contributed by atoms with Gasteiger partial charge in [0.15, 0.2) is 0 Å². The summed E-state index contributed by atoms with van der Waals surface area (Å²) in [5.74, 6) is -0.203. The van der Waals surface area contributed by atoms with E-state index in [1.54, 1.807) is 18.3 Å². The summed E-state index contributed by atoms with van der Waals surface area (Å²) in [5, 5.41) is 14.3. The minimum atomic E-state index is -4.30. The highest BCUT2D eigenvalue weighted by molar-refractivity contribution is 7.85. The van der Waals surface area contributed by atoms with Crippen molar-refractivity contribution in [2.24, 2.45) is 0 Å². The fraction of sp³-hybridized carbons (Fsp3) is 0.0625. The standard InChI is InChI=1S/C16H14N4O4S/c1-11-2-7-15(18-9-11)19-10-12(8-17)16(21)20-13-3-5-14(6-4-13)25(22,23)24/h2-7,9-10H,1H3,(H,18,19)(H,20,21)(H,22,23,24)/b12-10-. The molecule has 9 heteroatoms. The summed E-state index contributed by atoms with van der Waals surface area (Å²) in [6, 6.07) is 10.2. The molecule has 0 unspecified atom stereocenters. The van der Waals surface area contributed by atoms with Gasteiger partial charge in [-0.15, -0.1) is 0 Å². The number of rotatable bonds is 5. The summed E-state index contributed by atoms with van der Waals surface area (Å²) in [6.07, 6.45) is 2.86. The third-order valence-electron chi connectivity index (χ3n) is 3.05. The van der Waals surface area contributed by atoms with Gasteiger partial charge in [-0.2, -0.15) is 13.7 Å². The zero-order valence-corrected chi connectivity index (χ0v) is 13.9. The molecule has 25 heavy (non-hydrogen) atoms. The molecule has 0 saturated heterocycles. The minimum absolute atomic E-state index is 0.193. The summed E-state index contributed by atoms with van der Waals surface area (Å²) in [5.41, 5.74) is 1.05. The van der Waals surface area contributed by atoms with Crippen molar-refractivity contribution in [2.75, 3.05) is 10.6 Å². The lowest BCUT2D eigenvalue weighted by molar-refractivity contribution is -0.112. The number of nitriles is 1. The molecule has 0 spiro atoms. The number of carbonyl (C=O) groups excluding carboxylic acids is 1. The van der Waals surface area contributed by atoms with Crippen LogP contribution in [0.3, 0.4) is 0 Å². The average molecular weight is 358 g/mol.